The fourth-order valence-electron chi connectivity index (χ4n) is 1.41. The van der Waals surface area contributed by atoms with Crippen LogP contribution in [0.3, 0.4) is 0 Å². The number of nitrogens with one attached hydrogen (secondary N) is 2. The van der Waals surface area contributed by atoms with E-state index in [0.717, 1.165) is 6.26 Å². The van der Waals surface area contributed by atoms with Gasteiger partial charge in [-0.25, -0.2) is 18.1 Å². The molecule has 0 fully saturated rings. The van der Waals surface area contributed by atoms with Crippen molar-refractivity contribution < 1.29 is 8.42 Å². The molecule has 0 aliphatic heterocycles. The minimum absolute atomic E-state index is 0.388. The SMILES string of the molecule is CC(C)(CNc1ccc(C#N)cn1)NS(C)(=O)=O. The molecule has 1 rings (SSSR count). The Morgan fingerprint density at radius 1 is 1.44 bits per heavy atom. The second-order valence-corrected chi connectivity index (χ2v) is 6.40. The number of anilines is 1. The maximum Gasteiger partial charge on any atom is 0.209 e. The van der Waals surface area contributed by atoms with E-state index in [4.69, 9.17) is 5.26 Å². The molecule has 0 aromatic carbocycles. The number of rotatable bonds is 5. The van der Waals surface area contributed by atoms with Crippen molar-refractivity contribution in [3.63, 3.8) is 0 Å². The zero-order valence-electron chi connectivity index (χ0n) is 10.6. The van der Waals surface area contributed by atoms with Crippen LogP contribution in [0.1, 0.15) is 19.4 Å². The number of hydrogen-bond donors (Lipinski definition) is 2. The molecule has 0 bridgehead atoms. The van der Waals surface area contributed by atoms with Gasteiger partial charge < -0.3 is 5.32 Å². The molecule has 2 N–H and O–H groups in total. The van der Waals surface area contributed by atoms with Crippen molar-refractivity contribution in [2.24, 2.45) is 0 Å². The van der Waals surface area contributed by atoms with E-state index < -0.39 is 15.6 Å². The van der Waals surface area contributed by atoms with Gasteiger partial charge in [0.05, 0.1) is 11.8 Å². The van der Waals surface area contributed by atoms with Crippen molar-refractivity contribution in [1.29, 1.82) is 5.26 Å². The van der Waals surface area contributed by atoms with Crippen molar-refractivity contribution in [2.75, 3.05) is 18.1 Å². The van der Waals surface area contributed by atoms with Crippen LogP contribution in [0.2, 0.25) is 0 Å². The lowest BCUT2D eigenvalue weighted by molar-refractivity contribution is 0.476. The largest absolute Gasteiger partial charge is 0.368 e. The second-order valence-electron chi connectivity index (χ2n) is 4.66. The molecule has 1 aromatic heterocycles. The summed E-state index contributed by atoms with van der Waals surface area (Å²) in [5, 5.41) is 11.6. The molecule has 0 spiro atoms. The summed E-state index contributed by atoms with van der Waals surface area (Å²) in [5.41, 5.74) is -0.141. The van der Waals surface area contributed by atoms with Gasteiger partial charge in [-0.2, -0.15) is 5.26 Å². The smallest absolute Gasteiger partial charge is 0.209 e. The maximum absolute atomic E-state index is 11.2. The van der Waals surface area contributed by atoms with Crippen LogP contribution < -0.4 is 10.0 Å². The molecule has 0 saturated carbocycles. The first-order valence-corrected chi connectivity index (χ1v) is 7.20. The molecule has 0 aliphatic carbocycles. The molecule has 0 saturated heterocycles. The first kappa shape index (κ1) is 14.4. The van der Waals surface area contributed by atoms with Gasteiger partial charge in [0.25, 0.3) is 0 Å². The van der Waals surface area contributed by atoms with Crippen molar-refractivity contribution in [1.82, 2.24) is 9.71 Å². The number of nitrogens with zero attached hydrogens (tertiary/aromatic N) is 2. The Kier molecular flexibility index (Phi) is 4.27. The molecule has 1 heterocycles. The van der Waals surface area contributed by atoms with Gasteiger partial charge in [0.2, 0.25) is 10.0 Å². The number of sulfonamides is 1. The van der Waals surface area contributed by atoms with Crippen molar-refractivity contribution in [3.8, 4) is 6.07 Å². The van der Waals surface area contributed by atoms with E-state index >= 15 is 0 Å². The lowest BCUT2D eigenvalue weighted by atomic mass is 10.1. The van der Waals surface area contributed by atoms with E-state index in [1.165, 1.54) is 6.20 Å². The summed E-state index contributed by atoms with van der Waals surface area (Å²) in [6.07, 6.45) is 2.58. The summed E-state index contributed by atoms with van der Waals surface area (Å²) in [6, 6.07) is 5.30. The first-order chi connectivity index (χ1) is 8.22. The van der Waals surface area contributed by atoms with E-state index in [1.54, 1.807) is 26.0 Å². The fourth-order valence-corrected chi connectivity index (χ4v) is 2.49. The van der Waals surface area contributed by atoms with Crippen molar-refractivity contribution in [3.05, 3.63) is 23.9 Å². The fraction of sp³-hybridized carbons (Fsp3) is 0.455. The van der Waals surface area contributed by atoms with Crippen LogP contribution in [-0.2, 0) is 10.0 Å². The summed E-state index contributed by atoms with van der Waals surface area (Å²) >= 11 is 0. The third kappa shape index (κ3) is 5.12. The molecular weight excluding hydrogens is 252 g/mol. The highest BCUT2D eigenvalue weighted by Gasteiger charge is 2.21. The number of aromatic nitrogens is 1. The highest BCUT2D eigenvalue weighted by Crippen LogP contribution is 2.08. The highest BCUT2D eigenvalue weighted by atomic mass is 32.2. The minimum Gasteiger partial charge on any atom is -0.368 e. The Hall–Kier alpha value is -1.65. The summed E-state index contributed by atoms with van der Waals surface area (Å²) in [4.78, 5) is 4.04. The molecule has 0 aliphatic rings. The maximum atomic E-state index is 11.2. The number of hydrogen-bond acceptors (Lipinski definition) is 5. The molecule has 6 nitrogen and oxygen atoms in total. The summed E-state index contributed by atoms with van der Waals surface area (Å²) in [7, 11) is -3.25. The summed E-state index contributed by atoms with van der Waals surface area (Å²) in [5.74, 6) is 0.595. The minimum atomic E-state index is -3.25. The Bertz CT molecular complexity index is 543. The lowest BCUT2D eigenvalue weighted by Gasteiger charge is -2.25. The van der Waals surface area contributed by atoms with Gasteiger partial charge in [0, 0.05) is 18.3 Å². The first-order valence-electron chi connectivity index (χ1n) is 5.31. The quantitative estimate of drug-likeness (QED) is 0.819. The number of nitriles is 1. The van der Waals surface area contributed by atoms with Crippen LogP contribution in [0, 0.1) is 11.3 Å². The predicted molar refractivity (Wildman–Crippen MR) is 69.5 cm³/mol. The summed E-state index contributed by atoms with van der Waals surface area (Å²) < 4.78 is 24.8. The Morgan fingerprint density at radius 2 is 2.11 bits per heavy atom. The van der Waals surface area contributed by atoms with Gasteiger partial charge in [-0.05, 0) is 26.0 Å². The van der Waals surface area contributed by atoms with Crippen LogP contribution in [-0.4, -0.2) is 31.7 Å². The molecule has 18 heavy (non-hydrogen) atoms. The van der Waals surface area contributed by atoms with Crippen LogP contribution in [0.25, 0.3) is 0 Å². The topological polar surface area (TPSA) is 94.9 Å². The third-order valence-corrected chi connectivity index (χ3v) is 2.99. The van der Waals surface area contributed by atoms with E-state index in [0.29, 0.717) is 17.9 Å². The zero-order valence-corrected chi connectivity index (χ0v) is 11.4. The Labute approximate surface area is 107 Å². The zero-order chi connectivity index (χ0) is 13.8. The second kappa shape index (κ2) is 5.33. The highest BCUT2D eigenvalue weighted by molar-refractivity contribution is 7.88. The molecule has 0 atom stereocenters. The van der Waals surface area contributed by atoms with Crippen LogP contribution in [0.4, 0.5) is 5.82 Å². The lowest BCUT2D eigenvalue weighted by Crippen LogP contribution is -2.47. The third-order valence-electron chi connectivity index (χ3n) is 2.07. The van der Waals surface area contributed by atoms with Gasteiger partial charge in [0.1, 0.15) is 11.9 Å². The Morgan fingerprint density at radius 3 is 2.56 bits per heavy atom. The Balaban J connectivity index is 2.61. The number of pyridine rings is 1. The predicted octanol–water partition coefficient (Wildman–Crippen LogP) is 0.693. The van der Waals surface area contributed by atoms with Gasteiger partial charge in [-0.1, -0.05) is 0 Å². The van der Waals surface area contributed by atoms with Crippen molar-refractivity contribution >= 4 is 15.8 Å². The molecule has 1 aromatic rings. The molecule has 0 unspecified atom stereocenters. The average molecular weight is 268 g/mol. The monoisotopic (exact) mass is 268 g/mol. The van der Waals surface area contributed by atoms with E-state index in [1.807, 2.05) is 6.07 Å². The molecule has 98 valence electrons. The molecule has 0 amide bonds. The van der Waals surface area contributed by atoms with Gasteiger partial charge in [-0.15, -0.1) is 0 Å². The van der Waals surface area contributed by atoms with Crippen molar-refractivity contribution in [2.45, 2.75) is 19.4 Å². The molecule has 7 heteroatoms. The van der Waals surface area contributed by atoms with Gasteiger partial charge >= 0.3 is 0 Å². The molecule has 0 radical (unpaired) electrons. The van der Waals surface area contributed by atoms with Crippen LogP contribution in [0.15, 0.2) is 18.3 Å². The van der Waals surface area contributed by atoms with Gasteiger partial charge in [0.15, 0.2) is 0 Å². The summed E-state index contributed by atoms with van der Waals surface area (Å²) in [6.45, 7) is 3.92. The van der Waals surface area contributed by atoms with E-state index in [9.17, 15) is 8.42 Å². The van der Waals surface area contributed by atoms with E-state index in [-0.39, 0.29) is 0 Å². The standard InChI is InChI=1S/C11H16N4O2S/c1-11(2,15-18(3,16)17)8-14-10-5-4-9(6-12)7-13-10/h4-5,7,15H,8H2,1-3H3,(H,13,14). The average Bonchev–Trinajstić information content (AvgIpc) is 2.24. The van der Waals surface area contributed by atoms with Crippen LogP contribution >= 0.6 is 0 Å². The normalized spacial score (nSPS) is 11.9. The van der Waals surface area contributed by atoms with E-state index in [2.05, 4.69) is 15.0 Å². The molecular formula is C11H16N4O2S. The van der Waals surface area contributed by atoms with Crippen LogP contribution in [0.5, 0.6) is 0 Å². The van der Waals surface area contributed by atoms with Gasteiger partial charge in [-0.3, -0.25) is 0 Å².